The molecule has 1 heterocycles. The molecule has 0 amide bonds. The largest absolute Gasteiger partial charge is 0.396 e. The Bertz CT molecular complexity index is 400. The van der Waals surface area contributed by atoms with Gasteiger partial charge in [0.25, 0.3) is 5.56 Å². The second-order valence-electron chi connectivity index (χ2n) is 3.26. The summed E-state index contributed by atoms with van der Waals surface area (Å²) in [5, 5.41) is 2.89. The van der Waals surface area contributed by atoms with Crippen LogP contribution >= 0.6 is 0 Å². The van der Waals surface area contributed by atoms with E-state index in [1.807, 2.05) is 6.92 Å². The third kappa shape index (κ3) is 4.43. The van der Waals surface area contributed by atoms with Crippen LogP contribution in [-0.2, 0) is 13.0 Å². The van der Waals surface area contributed by atoms with E-state index in [0.29, 0.717) is 12.2 Å². The molecule has 0 saturated carbocycles. The van der Waals surface area contributed by atoms with Gasteiger partial charge < -0.3 is 10.3 Å². The van der Waals surface area contributed by atoms with Crippen LogP contribution in [0.1, 0.15) is 18.4 Å². The average Bonchev–Trinajstić information content (AvgIpc) is 2.10. The lowest BCUT2D eigenvalue weighted by molar-refractivity contribution is -0.128. The van der Waals surface area contributed by atoms with Crippen molar-refractivity contribution in [3.63, 3.8) is 0 Å². The fourth-order valence-corrected chi connectivity index (χ4v) is 1.18. The summed E-state index contributed by atoms with van der Waals surface area (Å²) >= 11 is 0. The van der Waals surface area contributed by atoms with E-state index in [2.05, 4.69) is 15.3 Å². The fourth-order valence-electron chi connectivity index (χ4n) is 1.18. The molecule has 2 N–H and O–H groups in total. The third-order valence-corrected chi connectivity index (χ3v) is 1.77. The van der Waals surface area contributed by atoms with E-state index in [9.17, 15) is 18.0 Å². The summed E-state index contributed by atoms with van der Waals surface area (Å²) in [6, 6.07) is 1.18. The molecule has 1 aromatic heterocycles. The molecule has 90 valence electrons. The zero-order chi connectivity index (χ0) is 12.2. The van der Waals surface area contributed by atoms with Crippen LogP contribution in [0.3, 0.4) is 0 Å². The van der Waals surface area contributed by atoms with Crippen molar-refractivity contribution in [1.82, 2.24) is 15.3 Å². The van der Waals surface area contributed by atoms with Gasteiger partial charge in [0.15, 0.2) is 0 Å². The van der Waals surface area contributed by atoms with Crippen molar-refractivity contribution >= 4 is 0 Å². The quantitative estimate of drug-likeness (QED) is 0.818. The van der Waals surface area contributed by atoms with Crippen LogP contribution in [0.4, 0.5) is 13.2 Å². The highest BCUT2D eigenvalue weighted by molar-refractivity contribution is 5.03. The number of hydrogen-bond acceptors (Lipinski definition) is 3. The van der Waals surface area contributed by atoms with Crippen molar-refractivity contribution in [2.24, 2.45) is 0 Å². The minimum absolute atomic E-state index is 0.283. The first kappa shape index (κ1) is 12.7. The Morgan fingerprint density at radius 3 is 2.75 bits per heavy atom. The monoisotopic (exact) mass is 235 g/mol. The van der Waals surface area contributed by atoms with E-state index in [-0.39, 0.29) is 12.4 Å². The average molecular weight is 235 g/mol. The molecule has 16 heavy (non-hydrogen) atoms. The maximum absolute atomic E-state index is 12.1. The van der Waals surface area contributed by atoms with Crippen LogP contribution in [-0.4, -0.2) is 22.7 Å². The summed E-state index contributed by atoms with van der Waals surface area (Å²) in [5.41, 5.74) is -0.257. The summed E-state index contributed by atoms with van der Waals surface area (Å²) in [4.78, 5) is 16.9. The molecule has 0 saturated heterocycles. The van der Waals surface area contributed by atoms with Gasteiger partial charge in [-0.1, -0.05) is 6.92 Å². The van der Waals surface area contributed by atoms with Crippen LogP contribution in [0, 0.1) is 0 Å². The van der Waals surface area contributed by atoms with Gasteiger partial charge in [-0.3, -0.25) is 4.79 Å². The first-order valence-corrected chi connectivity index (χ1v) is 4.77. The van der Waals surface area contributed by atoms with Gasteiger partial charge in [-0.25, -0.2) is 4.98 Å². The number of aromatic amines is 1. The van der Waals surface area contributed by atoms with Gasteiger partial charge in [0.1, 0.15) is 12.2 Å². The Balaban J connectivity index is 2.86. The van der Waals surface area contributed by atoms with Crippen molar-refractivity contribution in [2.45, 2.75) is 26.1 Å². The normalized spacial score (nSPS) is 11.8. The van der Waals surface area contributed by atoms with Crippen LogP contribution in [0.5, 0.6) is 0 Å². The second-order valence-corrected chi connectivity index (χ2v) is 3.26. The minimum Gasteiger partial charge on any atom is -0.311 e. The Kier molecular flexibility index (Phi) is 4.05. The van der Waals surface area contributed by atoms with Crippen molar-refractivity contribution in [3.05, 3.63) is 27.9 Å². The highest BCUT2D eigenvalue weighted by atomic mass is 19.4. The van der Waals surface area contributed by atoms with Gasteiger partial charge >= 0.3 is 6.18 Å². The summed E-state index contributed by atoms with van der Waals surface area (Å²) in [5.74, 6) is -0.354. The Morgan fingerprint density at radius 2 is 2.19 bits per heavy atom. The first-order valence-electron chi connectivity index (χ1n) is 4.77. The fraction of sp³-hybridized carbons (Fsp3) is 0.556. The van der Waals surface area contributed by atoms with Gasteiger partial charge in [-0.15, -0.1) is 0 Å². The highest BCUT2D eigenvalue weighted by Crippen LogP contribution is 2.18. The number of halogens is 3. The van der Waals surface area contributed by atoms with Crippen molar-refractivity contribution < 1.29 is 13.2 Å². The van der Waals surface area contributed by atoms with E-state index in [1.54, 1.807) is 0 Å². The molecule has 0 aliphatic heterocycles. The molecule has 0 aliphatic carbocycles. The zero-order valence-electron chi connectivity index (χ0n) is 8.69. The highest BCUT2D eigenvalue weighted by Gasteiger charge is 2.29. The molecular weight excluding hydrogens is 223 g/mol. The SMILES string of the molecule is CCNCc1cc(=O)[nH]c(CC(F)(F)F)n1. The molecular formula is C9H12F3N3O. The van der Waals surface area contributed by atoms with E-state index in [0.717, 1.165) is 0 Å². The van der Waals surface area contributed by atoms with Crippen LogP contribution in [0.2, 0.25) is 0 Å². The number of alkyl halides is 3. The number of H-pyrrole nitrogens is 1. The lowest BCUT2D eigenvalue weighted by Crippen LogP contribution is -2.22. The number of nitrogens with one attached hydrogen (secondary N) is 2. The van der Waals surface area contributed by atoms with Gasteiger partial charge in [-0.05, 0) is 6.54 Å². The third-order valence-electron chi connectivity index (χ3n) is 1.77. The number of hydrogen-bond donors (Lipinski definition) is 2. The molecule has 0 aliphatic rings. The Hall–Kier alpha value is -1.37. The molecule has 7 heteroatoms. The smallest absolute Gasteiger partial charge is 0.311 e. The molecule has 1 aromatic rings. The lowest BCUT2D eigenvalue weighted by Gasteiger charge is -2.07. The van der Waals surface area contributed by atoms with Crippen molar-refractivity contribution in [3.8, 4) is 0 Å². The standard InChI is InChI=1S/C9H12F3N3O/c1-2-13-5-6-3-8(16)15-7(14-6)4-9(10,11)12/h3,13H,2,4-5H2,1H3,(H,14,15,16). The molecule has 0 aromatic carbocycles. The van der Waals surface area contributed by atoms with Gasteiger partial charge in [0, 0.05) is 12.6 Å². The van der Waals surface area contributed by atoms with Crippen molar-refractivity contribution in [1.29, 1.82) is 0 Å². The van der Waals surface area contributed by atoms with Crippen molar-refractivity contribution in [2.75, 3.05) is 6.54 Å². The number of aromatic nitrogens is 2. The van der Waals surface area contributed by atoms with E-state index < -0.39 is 18.2 Å². The number of rotatable bonds is 4. The maximum atomic E-state index is 12.1. The summed E-state index contributed by atoms with van der Waals surface area (Å²) in [7, 11) is 0. The molecule has 0 fully saturated rings. The molecule has 0 bridgehead atoms. The molecule has 0 radical (unpaired) electrons. The molecule has 0 unspecified atom stereocenters. The second kappa shape index (κ2) is 5.11. The van der Waals surface area contributed by atoms with E-state index in [4.69, 9.17) is 0 Å². The van der Waals surface area contributed by atoms with Crippen LogP contribution in [0.25, 0.3) is 0 Å². The lowest BCUT2D eigenvalue weighted by atomic mass is 10.3. The van der Waals surface area contributed by atoms with Crippen LogP contribution < -0.4 is 10.9 Å². The predicted octanol–water partition coefficient (Wildman–Crippen LogP) is 0.984. The Morgan fingerprint density at radius 1 is 1.50 bits per heavy atom. The summed E-state index contributed by atoms with van der Waals surface area (Å²) in [6.45, 7) is 2.79. The zero-order valence-corrected chi connectivity index (χ0v) is 8.69. The van der Waals surface area contributed by atoms with Gasteiger partial charge in [-0.2, -0.15) is 13.2 Å². The maximum Gasteiger partial charge on any atom is 0.396 e. The molecule has 1 rings (SSSR count). The van der Waals surface area contributed by atoms with E-state index in [1.165, 1.54) is 6.07 Å². The van der Waals surface area contributed by atoms with Gasteiger partial charge in [0.2, 0.25) is 0 Å². The van der Waals surface area contributed by atoms with E-state index >= 15 is 0 Å². The molecule has 0 atom stereocenters. The molecule has 4 nitrogen and oxygen atoms in total. The predicted molar refractivity (Wildman–Crippen MR) is 52.0 cm³/mol. The summed E-state index contributed by atoms with van der Waals surface area (Å²) < 4.78 is 36.2. The van der Waals surface area contributed by atoms with Crippen LogP contribution in [0.15, 0.2) is 10.9 Å². The Labute approximate surface area is 89.9 Å². The first-order chi connectivity index (χ1) is 7.40. The number of nitrogens with zero attached hydrogens (tertiary/aromatic N) is 1. The minimum atomic E-state index is -4.37. The topological polar surface area (TPSA) is 57.8 Å². The van der Waals surface area contributed by atoms with Gasteiger partial charge in [0.05, 0.1) is 5.69 Å². The summed E-state index contributed by atoms with van der Waals surface area (Å²) in [6.07, 6.45) is -5.59. The molecule has 0 spiro atoms.